The lowest BCUT2D eigenvalue weighted by Gasteiger charge is -2.22. The van der Waals surface area contributed by atoms with Crippen molar-refractivity contribution in [2.24, 2.45) is 23.5 Å². The standard InChI is InChI=1S/C13H18N4S/c14-12(18)11-3-4-16-17-13(11)15-7-10-6-8-1-2-9(10)5-8/h3-4,8-10H,1-2,5-7H2,(H2,14,18)(H,15,17). The maximum atomic E-state index is 5.68. The molecule has 0 amide bonds. The Hall–Kier alpha value is -1.23. The second-order valence-electron chi connectivity index (χ2n) is 5.47. The number of rotatable bonds is 4. The van der Waals surface area contributed by atoms with Crippen molar-refractivity contribution in [1.29, 1.82) is 0 Å². The van der Waals surface area contributed by atoms with Gasteiger partial charge in [-0.05, 0) is 43.1 Å². The highest BCUT2D eigenvalue weighted by Crippen LogP contribution is 2.48. The number of hydrogen-bond acceptors (Lipinski definition) is 4. The molecule has 5 heteroatoms. The second kappa shape index (κ2) is 4.80. The third kappa shape index (κ3) is 2.19. The van der Waals surface area contributed by atoms with Crippen molar-refractivity contribution in [2.45, 2.75) is 25.7 Å². The van der Waals surface area contributed by atoms with E-state index in [4.69, 9.17) is 18.0 Å². The van der Waals surface area contributed by atoms with Crippen molar-refractivity contribution in [1.82, 2.24) is 10.2 Å². The average molecular weight is 262 g/mol. The summed E-state index contributed by atoms with van der Waals surface area (Å²) in [4.78, 5) is 0.375. The van der Waals surface area contributed by atoms with Gasteiger partial charge in [0.1, 0.15) is 4.99 Å². The maximum Gasteiger partial charge on any atom is 0.158 e. The summed E-state index contributed by atoms with van der Waals surface area (Å²) >= 11 is 5.02. The molecular formula is C13H18N4S. The fourth-order valence-electron chi connectivity index (χ4n) is 3.52. The molecule has 2 bridgehead atoms. The van der Waals surface area contributed by atoms with Crippen LogP contribution in [0.25, 0.3) is 0 Å². The SMILES string of the molecule is NC(=S)c1ccnnc1NCC1CC2CCC1C2. The molecule has 2 saturated carbocycles. The van der Waals surface area contributed by atoms with E-state index in [0.717, 1.165) is 35.7 Å². The molecule has 4 nitrogen and oxygen atoms in total. The first-order valence-electron chi connectivity index (χ1n) is 6.59. The Morgan fingerprint density at radius 2 is 2.33 bits per heavy atom. The number of thiocarbonyl (C=S) groups is 1. The van der Waals surface area contributed by atoms with Crippen LogP contribution in [0.2, 0.25) is 0 Å². The third-order valence-corrected chi connectivity index (χ3v) is 4.62. The fourth-order valence-corrected chi connectivity index (χ4v) is 3.68. The van der Waals surface area contributed by atoms with Gasteiger partial charge in [-0.1, -0.05) is 18.6 Å². The summed E-state index contributed by atoms with van der Waals surface area (Å²) in [5.41, 5.74) is 6.48. The summed E-state index contributed by atoms with van der Waals surface area (Å²) in [6.07, 6.45) is 7.25. The number of nitrogens with two attached hydrogens (primary N) is 1. The van der Waals surface area contributed by atoms with Gasteiger partial charge in [0, 0.05) is 6.54 Å². The van der Waals surface area contributed by atoms with Crippen LogP contribution >= 0.6 is 12.2 Å². The largest absolute Gasteiger partial charge is 0.389 e. The molecule has 1 aromatic rings. The van der Waals surface area contributed by atoms with E-state index in [1.54, 1.807) is 6.20 Å². The smallest absolute Gasteiger partial charge is 0.158 e. The molecule has 3 rings (SSSR count). The zero-order valence-electron chi connectivity index (χ0n) is 10.3. The second-order valence-corrected chi connectivity index (χ2v) is 5.91. The number of anilines is 1. The van der Waals surface area contributed by atoms with Crippen molar-refractivity contribution in [2.75, 3.05) is 11.9 Å². The summed E-state index contributed by atoms with van der Waals surface area (Å²) in [7, 11) is 0. The summed E-state index contributed by atoms with van der Waals surface area (Å²) < 4.78 is 0. The van der Waals surface area contributed by atoms with Gasteiger partial charge >= 0.3 is 0 Å². The normalized spacial score (nSPS) is 29.4. The van der Waals surface area contributed by atoms with Gasteiger partial charge in [-0.3, -0.25) is 0 Å². The quantitative estimate of drug-likeness (QED) is 0.812. The summed E-state index contributed by atoms with van der Waals surface area (Å²) in [6, 6.07) is 1.82. The molecule has 0 saturated heterocycles. The van der Waals surface area contributed by atoms with E-state index < -0.39 is 0 Å². The Kier molecular flexibility index (Phi) is 3.16. The number of nitrogens with zero attached hydrogens (tertiary/aromatic N) is 2. The van der Waals surface area contributed by atoms with Crippen molar-refractivity contribution in [3.8, 4) is 0 Å². The van der Waals surface area contributed by atoms with Gasteiger partial charge in [-0.2, -0.15) is 5.10 Å². The average Bonchev–Trinajstić information content (AvgIpc) is 2.98. The zero-order valence-corrected chi connectivity index (χ0v) is 11.1. The predicted octanol–water partition coefficient (Wildman–Crippen LogP) is 1.96. The molecule has 0 aliphatic heterocycles. The Morgan fingerprint density at radius 3 is 3.00 bits per heavy atom. The molecule has 3 atom stereocenters. The van der Waals surface area contributed by atoms with Gasteiger partial charge in [0.05, 0.1) is 11.8 Å². The molecule has 0 spiro atoms. The van der Waals surface area contributed by atoms with Gasteiger partial charge in [0.25, 0.3) is 0 Å². The van der Waals surface area contributed by atoms with Crippen LogP contribution in [0.5, 0.6) is 0 Å². The number of nitrogens with one attached hydrogen (secondary N) is 1. The van der Waals surface area contributed by atoms with E-state index in [1.807, 2.05) is 6.07 Å². The van der Waals surface area contributed by atoms with Crippen molar-refractivity contribution >= 4 is 23.0 Å². The van der Waals surface area contributed by atoms with Gasteiger partial charge in [0.2, 0.25) is 0 Å². The highest BCUT2D eigenvalue weighted by Gasteiger charge is 2.39. The Balaban J connectivity index is 1.65. The molecule has 1 heterocycles. The predicted molar refractivity (Wildman–Crippen MR) is 75.3 cm³/mol. The molecule has 0 aromatic carbocycles. The Labute approximate surface area is 112 Å². The summed E-state index contributed by atoms with van der Waals surface area (Å²) in [5.74, 6) is 3.39. The van der Waals surface area contributed by atoms with Crippen LogP contribution in [-0.2, 0) is 0 Å². The van der Waals surface area contributed by atoms with Gasteiger partial charge in [0.15, 0.2) is 5.82 Å². The van der Waals surface area contributed by atoms with Gasteiger partial charge < -0.3 is 11.1 Å². The lowest BCUT2D eigenvalue weighted by Crippen LogP contribution is -2.22. The van der Waals surface area contributed by atoms with E-state index in [1.165, 1.54) is 25.7 Å². The Bertz CT molecular complexity index is 462. The lowest BCUT2D eigenvalue weighted by molar-refractivity contribution is 0.348. The minimum Gasteiger partial charge on any atom is -0.389 e. The number of hydrogen-bond donors (Lipinski definition) is 2. The molecule has 2 aliphatic rings. The van der Waals surface area contributed by atoms with E-state index >= 15 is 0 Å². The van der Waals surface area contributed by atoms with Crippen molar-refractivity contribution in [3.63, 3.8) is 0 Å². The van der Waals surface area contributed by atoms with E-state index in [9.17, 15) is 0 Å². The molecule has 96 valence electrons. The Morgan fingerprint density at radius 1 is 1.44 bits per heavy atom. The molecule has 2 fully saturated rings. The van der Waals surface area contributed by atoms with Crippen LogP contribution in [0.4, 0.5) is 5.82 Å². The molecule has 3 N–H and O–H groups in total. The number of aromatic nitrogens is 2. The first kappa shape index (κ1) is 11.8. The monoisotopic (exact) mass is 262 g/mol. The highest BCUT2D eigenvalue weighted by molar-refractivity contribution is 7.80. The first-order chi connectivity index (χ1) is 8.74. The van der Waals surface area contributed by atoms with Crippen LogP contribution in [-0.4, -0.2) is 21.7 Å². The van der Waals surface area contributed by atoms with Crippen LogP contribution in [0, 0.1) is 17.8 Å². The zero-order chi connectivity index (χ0) is 12.5. The summed E-state index contributed by atoms with van der Waals surface area (Å²) in [6.45, 7) is 0.968. The molecule has 18 heavy (non-hydrogen) atoms. The molecular weight excluding hydrogens is 244 g/mol. The number of fused-ring (bicyclic) bond motifs is 2. The topological polar surface area (TPSA) is 63.8 Å². The molecule has 0 radical (unpaired) electrons. The molecule has 1 aromatic heterocycles. The van der Waals surface area contributed by atoms with Crippen LogP contribution in [0.3, 0.4) is 0 Å². The van der Waals surface area contributed by atoms with Crippen LogP contribution < -0.4 is 11.1 Å². The van der Waals surface area contributed by atoms with E-state index in [2.05, 4.69) is 15.5 Å². The first-order valence-corrected chi connectivity index (χ1v) is 7.00. The van der Waals surface area contributed by atoms with Gasteiger partial charge in [-0.25, -0.2) is 0 Å². The van der Waals surface area contributed by atoms with Crippen molar-refractivity contribution in [3.05, 3.63) is 17.8 Å². The van der Waals surface area contributed by atoms with Crippen LogP contribution in [0.15, 0.2) is 12.3 Å². The molecule has 2 aliphatic carbocycles. The van der Waals surface area contributed by atoms with Gasteiger partial charge in [-0.15, -0.1) is 5.10 Å². The maximum absolute atomic E-state index is 5.68. The van der Waals surface area contributed by atoms with Crippen LogP contribution in [0.1, 0.15) is 31.2 Å². The van der Waals surface area contributed by atoms with E-state index in [-0.39, 0.29) is 0 Å². The highest BCUT2D eigenvalue weighted by atomic mass is 32.1. The summed E-state index contributed by atoms with van der Waals surface area (Å²) in [5, 5.41) is 11.4. The lowest BCUT2D eigenvalue weighted by atomic mass is 9.89. The minimum atomic E-state index is 0.375. The fraction of sp³-hybridized carbons (Fsp3) is 0.615. The molecule has 3 unspecified atom stereocenters. The van der Waals surface area contributed by atoms with E-state index in [0.29, 0.717) is 4.99 Å². The van der Waals surface area contributed by atoms with Crippen molar-refractivity contribution < 1.29 is 0 Å². The minimum absolute atomic E-state index is 0.375. The third-order valence-electron chi connectivity index (χ3n) is 4.40.